The van der Waals surface area contributed by atoms with Crippen LogP contribution in [0.25, 0.3) is 0 Å². The van der Waals surface area contributed by atoms with Gasteiger partial charge in [0.15, 0.2) is 0 Å². The van der Waals surface area contributed by atoms with Gasteiger partial charge in [0.1, 0.15) is 5.71 Å². The molecule has 16 heavy (non-hydrogen) atoms. The molecule has 1 aliphatic heterocycles. The van der Waals surface area contributed by atoms with Gasteiger partial charge in [-0.25, -0.2) is 5.43 Å². The third-order valence-corrected chi connectivity index (χ3v) is 2.89. The third kappa shape index (κ3) is 2.79. The van der Waals surface area contributed by atoms with Crippen LogP contribution in [0.3, 0.4) is 0 Å². The van der Waals surface area contributed by atoms with Crippen LogP contribution in [-0.2, 0) is 9.59 Å². The summed E-state index contributed by atoms with van der Waals surface area (Å²) in [5.41, 5.74) is 8.52. The Kier molecular flexibility index (Phi) is 3.19. The van der Waals surface area contributed by atoms with E-state index in [0.29, 0.717) is 31.0 Å². The number of hydrogen-bond acceptors (Lipinski definition) is 4. The molecule has 6 nitrogen and oxygen atoms in total. The molecule has 1 unspecified atom stereocenters. The van der Waals surface area contributed by atoms with Gasteiger partial charge in [-0.2, -0.15) is 5.10 Å². The third-order valence-electron chi connectivity index (χ3n) is 2.89. The Balaban J connectivity index is 1.76. The van der Waals surface area contributed by atoms with Gasteiger partial charge in [-0.1, -0.05) is 0 Å². The van der Waals surface area contributed by atoms with E-state index in [-0.39, 0.29) is 17.9 Å². The number of amides is 2. The van der Waals surface area contributed by atoms with Crippen LogP contribution >= 0.6 is 0 Å². The molecule has 0 aromatic carbocycles. The second-order valence-corrected chi connectivity index (χ2v) is 4.30. The molecule has 0 radical (unpaired) electrons. The number of nitrogens with zero attached hydrogens (tertiary/aromatic N) is 1. The van der Waals surface area contributed by atoms with Crippen molar-refractivity contribution < 1.29 is 9.59 Å². The number of carbonyl (C=O) groups is 2. The van der Waals surface area contributed by atoms with Crippen LogP contribution in [0.5, 0.6) is 0 Å². The summed E-state index contributed by atoms with van der Waals surface area (Å²) in [7, 11) is 0. The highest BCUT2D eigenvalue weighted by Crippen LogP contribution is 2.31. The van der Waals surface area contributed by atoms with Gasteiger partial charge in [0.05, 0.1) is 0 Å². The number of nitrogens with two attached hydrogens (primary N) is 1. The summed E-state index contributed by atoms with van der Waals surface area (Å²) in [5, 5.41) is 6.46. The normalized spacial score (nSPS) is 22.1. The lowest BCUT2D eigenvalue weighted by Crippen LogP contribution is -2.43. The van der Waals surface area contributed by atoms with Gasteiger partial charge in [0, 0.05) is 25.4 Å². The van der Waals surface area contributed by atoms with Crippen molar-refractivity contribution in [2.75, 3.05) is 6.54 Å². The summed E-state index contributed by atoms with van der Waals surface area (Å²) in [6.45, 7) is 0.483. The lowest BCUT2D eigenvalue weighted by atomic mass is 10.1. The summed E-state index contributed by atoms with van der Waals surface area (Å²) in [4.78, 5) is 22.4. The van der Waals surface area contributed by atoms with Crippen molar-refractivity contribution in [2.24, 2.45) is 16.8 Å². The van der Waals surface area contributed by atoms with Gasteiger partial charge in [-0.3, -0.25) is 9.59 Å². The largest absolute Gasteiger partial charge is 0.349 e. The van der Waals surface area contributed by atoms with E-state index >= 15 is 0 Å². The van der Waals surface area contributed by atoms with Crippen LogP contribution in [-0.4, -0.2) is 30.1 Å². The standard InChI is InChI=1S/C10H16N4O2/c11-7(6-1-2-6)5-12-10(16)8-3-4-9(15)14-13-8/h6-7H,1-5,11H2,(H,12,16)(H,14,15). The maximum atomic E-state index is 11.6. The molecule has 1 aliphatic carbocycles. The lowest BCUT2D eigenvalue weighted by molar-refractivity contribution is -0.121. The summed E-state index contributed by atoms with van der Waals surface area (Å²) < 4.78 is 0. The van der Waals surface area contributed by atoms with E-state index < -0.39 is 0 Å². The molecule has 2 aliphatic rings. The monoisotopic (exact) mass is 224 g/mol. The van der Waals surface area contributed by atoms with Crippen LogP contribution in [0.4, 0.5) is 0 Å². The van der Waals surface area contributed by atoms with Crippen molar-refractivity contribution in [2.45, 2.75) is 31.7 Å². The molecule has 2 rings (SSSR count). The molecule has 1 fully saturated rings. The van der Waals surface area contributed by atoms with E-state index in [0.717, 1.165) is 12.8 Å². The second-order valence-electron chi connectivity index (χ2n) is 4.30. The molecule has 0 saturated heterocycles. The Morgan fingerprint density at radius 1 is 1.56 bits per heavy atom. The number of rotatable bonds is 4. The fourth-order valence-corrected chi connectivity index (χ4v) is 1.64. The van der Waals surface area contributed by atoms with Crippen LogP contribution in [0.15, 0.2) is 5.10 Å². The molecule has 6 heteroatoms. The number of carbonyl (C=O) groups excluding carboxylic acids is 2. The molecule has 0 bridgehead atoms. The second kappa shape index (κ2) is 4.61. The maximum absolute atomic E-state index is 11.6. The van der Waals surface area contributed by atoms with Crippen LogP contribution < -0.4 is 16.5 Å². The smallest absolute Gasteiger partial charge is 0.267 e. The van der Waals surface area contributed by atoms with Gasteiger partial charge in [-0.05, 0) is 18.8 Å². The average molecular weight is 224 g/mol. The van der Waals surface area contributed by atoms with E-state index in [2.05, 4.69) is 15.8 Å². The van der Waals surface area contributed by atoms with E-state index in [1.165, 1.54) is 0 Å². The summed E-state index contributed by atoms with van der Waals surface area (Å²) in [5.74, 6) is 0.190. The van der Waals surface area contributed by atoms with Crippen LogP contribution in [0, 0.1) is 5.92 Å². The molecule has 88 valence electrons. The predicted molar refractivity (Wildman–Crippen MR) is 58.5 cm³/mol. The minimum Gasteiger partial charge on any atom is -0.349 e. The number of hydrogen-bond donors (Lipinski definition) is 3. The van der Waals surface area contributed by atoms with E-state index in [9.17, 15) is 9.59 Å². The predicted octanol–water partition coefficient (Wildman–Crippen LogP) is -0.894. The van der Waals surface area contributed by atoms with Gasteiger partial charge in [0.25, 0.3) is 5.91 Å². The molecule has 0 aromatic rings. The van der Waals surface area contributed by atoms with E-state index in [1.807, 2.05) is 0 Å². The van der Waals surface area contributed by atoms with E-state index in [4.69, 9.17) is 5.73 Å². The zero-order valence-corrected chi connectivity index (χ0v) is 9.03. The summed E-state index contributed by atoms with van der Waals surface area (Å²) in [6, 6.07) is 0.0442. The first-order chi connectivity index (χ1) is 7.66. The zero-order valence-electron chi connectivity index (χ0n) is 9.03. The topological polar surface area (TPSA) is 96.6 Å². The highest BCUT2D eigenvalue weighted by molar-refractivity contribution is 6.39. The zero-order chi connectivity index (χ0) is 11.5. The molecule has 2 amide bonds. The Hall–Kier alpha value is -1.43. The quantitative estimate of drug-likeness (QED) is 0.577. The number of nitrogens with one attached hydrogen (secondary N) is 2. The van der Waals surface area contributed by atoms with Gasteiger partial charge >= 0.3 is 0 Å². The van der Waals surface area contributed by atoms with Crippen LogP contribution in [0.1, 0.15) is 25.7 Å². The van der Waals surface area contributed by atoms with Crippen molar-refractivity contribution in [3.05, 3.63) is 0 Å². The molecular weight excluding hydrogens is 208 g/mol. The molecular formula is C10H16N4O2. The first-order valence-electron chi connectivity index (χ1n) is 5.56. The van der Waals surface area contributed by atoms with Crippen molar-refractivity contribution in [3.63, 3.8) is 0 Å². The molecule has 1 atom stereocenters. The first-order valence-corrected chi connectivity index (χ1v) is 5.56. The molecule has 4 N–H and O–H groups in total. The first kappa shape index (κ1) is 11.1. The van der Waals surface area contributed by atoms with Crippen molar-refractivity contribution in [1.29, 1.82) is 0 Å². The highest BCUT2D eigenvalue weighted by atomic mass is 16.2. The minimum absolute atomic E-state index is 0.0442. The molecule has 0 spiro atoms. The average Bonchev–Trinajstić information content (AvgIpc) is 3.10. The Morgan fingerprint density at radius 3 is 2.88 bits per heavy atom. The van der Waals surface area contributed by atoms with Crippen molar-refractivity contribution >= 4 is 17.5 Å². The van der Waals surface area contributed by atoms with Gasteiger partial charge < -0.3 is 11.1 Å². The van der Waals surface area contributed by atoms with Crippen molar-refractivity contribution in [1.82, 2.24) is 10.7 Å². The van der Waals surface area contributed by atoms with Crippen LogP contribution in [0.2, 0.25) is 0 Å². The van der Waals surface area contributed by atoms with Crippen molar-refractivity contribution in [3.8, 4) is 0 Å². The molecule has 1 heterocycles. The molecule has 1 saturated carbocycles. The lowest BCUT2D eigenvalue weighted by Gasteiger charge is -2.14. The molecule has 0 aromatic heterocycles. The number of hydrazone groups is 1. The van der Waals surface area contributed by atoms with Gasteiger partial charge in [0.2, 0.25) is 5.91 Å². The van der Waals surface area contributed by atoms with Gasteiger partial charge in [-0.15, -0.1) is 0 Å². The minimum atomic E-state index is -0.226. The summed E-state index contributed by atoms with van der Waals surface area (Å²) >= 11 is 0. The Labute approximate surface area is 93.6 Å². The maximum Gasteiger partial charge on any atom is 0.267 e. The fourth-order valence-electron chi connectivity index (χ4n) is 1.64. The SMILES string of the molecule is NC(CNC(=O)C1=NNC(=O)CC1)C1CC1. The fraction of sp³-hybridized carbons (Fsp3) is 0.700. The van der Waals surface area contributed by atoms with E-state index in [1.54, 1.807) is 0 Å². The Morgan fingerprint density at radius 2 is 2.31 bits per heavy atom. The summed E-state index contributed by atoms with van der Waals surface area (Å²) in [6.07, 6.45) is 3.04. The Bertz CT molecular complexity index is 336. The highest BCUT2D eigenvalue weighted by Gasteiger charge is 2.29.